The van der Waals surface area contributed by atoms with Gasteiger partial charge in [-0.25, -0.2) is 0 Å². The van der Waals surface area contributed by atoms with Crippen molar-refractivity contribution in [3.63, 3.8) is 0 Å². The summed E-state index contributed by atoms with van der Waals surface area (Å²) in [6, 6.07) is 15.3. The largest absolute Gasteiger partial charge is 0.457 e. The van der Waals surface area contributed by atoms with Gasteiger partial charge < -0.3 is 4.74 Å². The Hall–Kier alpha value is -1.76. The Bertz CT molecular complexity index is 382. The molecule has 0 spiro atoms. The molecule has 1 nitrogen and oxygen atoms in total. The molecule has 2 aromatic rings. The second kappa shape index (κ2) is 4.18. The minimum atomic E-state index is 0.819. The summed E-state index contributed by atoms with van der Waals surface area (Å²) in [5.41, 5.74) is 1.96. The average molecular weight is 196 g/mol. The number of hydrogen-bond donors (Lipinski definition) is 0. The van der Waals surface area contributed by atoms with E-state index in [1.807, 2.05) is 48.5 Å². The van der Waals surface area contributed by atoms with E-state index in [-0.39, 0.29) is 0 Å². The van der Waals surface area contributed by atoms with Gasteiger partial charge in [0, 0.05) is 0 Å². The number of benzene rings is 2. The number of rotatable bonds is 2. The van der Waals surface area contributed by atoms with Crippen LogP contribution in [0.2, 0.25) is 0 Å². The fourth-order valence-electron chi connectivity index (χ4n) is 1.25. The number of ether oxygens (including phenoxy) is 1. The van der Waals surface area contributed by atoms with Gasteiger partial charge in [-0.2, -0.15) is 0 Å². The maximum atomic E-state index is 5.63. The van der Waals surface area contributed by atoms with Gasteiger partial charge in [-0.3, -0.25) is 0 Å². The standard InChI is InChI=1S/C14H12O/c1-11-3-7-13(8-4-11)15-14-9-5-12(2)6-10-14/h3-10H,1-2H2. The topological polar surface area (TPSA) is 9.23 Å². The third-order valence-electron chi connectivity index (χ3n) is 2.08. The average Bonchev–Trinajstić information content (AvgIpc) is 2.25. The second-order valence-electron chi connectivity index (χ2n) is 3.39. The van der Waals surface area contributed by atoms with Crippen LogP contribution in [0.3, 0.4) is 0 Å². The third-order valence-corrected chi connectivity index (χ3v) is 2.08. The van der Waals surface area contributed by atoms with Crippen LogP contribution in [0.1, 0.15) is 11.1 Å². The van der Waals surface area contributed by atoms with Crippen molar-refractivity contribution in [3.05, 3.63) is 73.5 Å². The Morgan fingerprint density at radius 3 is 1.27 bits per heavy atom. The van der Waals surface area contributed by atoms with Crippen molar-refractivity contribution >= 4 is 0 Å². The highest BCUT2D eigenvalue weighted by Gasteiger charge is 1.95. The summed E-state index contributed by atoms with van der Waals surface area (Å²) in [6.45, 7) is 7.63. The van der Waals surface area contributed by atoms with Gasteiger partial charge in [-0.15, -0.1) is 0 Å². The Balaban J connectivity index is 2.15. The molecule has 2 radical (unpaired) electrons. The SMILES string of the molecule is [CH2]c1ccc(Oc2ccc([CH2])cc2)cc1. The molecular formula is C14H12O. The molecule has 2 aromatic carbocycles. The van der Waals surface area contributed by atoms with Crippen molar-refractivity contribution in [3.8, 4) is 11.5 Å². The van der Waals surface area contributed by atoms with Crippen LogP contribution in [0.5, 0.6) is 11.5 Å². The van der Waals surface area contributed by atoms with Gasteiger partial charge in [0.25, 0.3) is 0 Å². The van der Waals surface area contributed by atoms with Crippen molar-refractivity contribution in [2.75, 3.05) is 0 Å². The van der Waals surface area contributed by atoms with E-state index in [1.54, 1.807) is 0 Å². The molecule has 0 aliphatic rings. The quantitative estimate of drug-likeness (QED) is 0.709. The summed E-state index contributed by atoms with van der Waals surface area (Å²) in [5.74, 6) is 1.64. The maximum Gasteiger partial charge on any atom is 0.127 e. The van der Waals surface area contributed by atoms with E-state index in [4.69, 9.17) is 4.74 Å². The summed E-state index contributed by atoms with van der Waals surface area (Å²) in [4.78, 5) is 0. The Kier molecular flexibility index (Phi) is 2.72. The van der Waals surface area contributed by atoms with Crippen molar-refractivity contribution in [1.82, 2.24) is 0 Å². The molecule has 0 aromatic heterocycles. The zero-order valence-electron chi connectivity index (χ0n) is 8.44. The lowest BCUT2D eigenvalue weighted by atomic mass is 10.2. The van der Waals surface area contributed by atoms with Crippen LogP contribution in [0.25, 0.3) is 0 Å². The molecule has 0 bridgehead atoms. The molecular weight excluding hydrogens is 184 g/mol. The molecule has 0 fully saturated rings. The van der Waals surface area contributed by atoms with Gasteiger partial charge in [0.2, 0.25) is 0 Å². The summed E-state index contributed by atoms with van der Waals surface area (Å²) >= 11 is 0. The molecule has 2 rings (SSSR count). The van der Waals surface area contributed by atoms with Crippen LogP contribution < -0.4 is 4.74 Å². The summed E-state index contributed by atoms with van der Waals surface area (Å²) in [5, 5.41) is 0. The third kappa shape index (κ3) is 2.59. The molecule has 0 N–H and O–H groups in total. The molecule has 0 heterocycles. The van der Waals surface area contributed by atoms with Crippen LogP contribution in [0.15, 0.2) is 48.5 Å². The lowest BCUT2D eigenvalue weighted by molar-refractivity contribution is 0.482. The summed E-state index contributed by atoms with van der Waals surface area (Å²) in [7, 11) is 0. The Morgan fingerprint density at radius 2 is 0.933 bits per heavy atom. The van der Waals surface area contributed by atoms with Crippen LogP contribution >= 0.6 is 0 Å². The predicted octanol–water partition coefficient (Wildman–Crippen LogP) is 3.84. The first-order valence-corrected chi connectivity index (χ1v) is 4.76. The van der Waals surface area contributed by atoms with Gasteiger partial charge in [-0.1, -0.05) is 24.3 Å². The van der Waals surface area contributed by atoms with Crippen LogP contribution in [-0.4, -0.2) is 0 Å². The van der Waals surface area contributed by atoms with Crippen molar-refractivity contribution < 1.29 is 4.74 Å². The zero-order chi connectivity index (χ0) is 10.7. The van der Waals surface area contributed by atoms with Gasteiger partial charge in [-0.05, 0) is 49.2 Å². The Labute approximate surface area is 90.3 Å². The molecule has 0 aliphatic carbocycles. The molecule has 0 saturated heterocycles. The lowest BCUT2D eigenvalue weighted by Gasteiger charge is -2.05. The first-order valence-electron chi connectivity index (χ1n) is 4.76. The van der Waals surface area contributed by atoms with E-state index in [0.717, 1.165) is 22.6 Å². The second-order valence-corrected chi connectivity index (χ2v) is 3.39. The molecule has 1 heteroatoms. The van der Waals surface area contributed by atoms with Crippen LogP contribution in [0, 0.1) is 13.8 Å². The van der Waals surface area contributed by atoms with E-state index < -0.39 is 0 Å². The van der Waals surface area contributed by atoms with Gasteiger partial charge in [0.15, 0.2) is 0 Å². The van der Waals surface area contributed by atoms with Crippen molar-refractivity contribution in [2.24, 2.45) is 0 Å². The van der Waals surface area contributed by atoms with Gasteiger partial charge in [0.05, 0.1) is 0 Å². The van der Waals surface area contributed by atoms with E-state index in [9.17, 15) is 0 Å². The fraction of sp³-hybridized carbons (Fsp3) is 0. The Morgan fingerprint density at radius 1 is 0.600 bits per heavy atom. The van der Waals surface area contributed by atoms with Crippen LogP contribution in [0.4, 0.5) is 0 Å². The monoisotopic (exact) mass is 196 g/mol. The van der Waals surface area contributed by atoms with E-state index in [0.29, 0.717) is 0 Å². The van der Waals surface area contributed by atoms with Crippen molar-refractivity contribution in [2.45, 2.75) is 0 Å². The molecule has 15 heavy (non-hydrogen) atoms. The summed E-state index contributed by atoms with van der Waals surface area (Å²) in [6.07, 6.45) is 0. The molecule has 0 unspecified atom stereocenters. The minimum absolute atomic E-state index is 0.819. The van der Waals surface area contributed by atoms with E-state index in [2.05, 4.69) is 13.8 Å². The molecule has 0 aliphatic heterocycles. The highest BCUT2D eigenvalue weighted by molar-refractivity contribution is 5.35. The van der Waals surface area contributed by atoms with Gasteiger partial charge >= 0.3 is 0 Å². The molecule has 0 saturated carbocycles. The number of hydrogen-bond acceptors (Lipinski definition) is 1. The first-order chi connectivity index (χ1) is 7.24. The molecule has 0 atom stereocenters. The fourth-order valence-corrected chi connectivity index (χ4v) is 1.25. The minimum Gasteiger partial charge on any atom is -0.457 e. The normalized spacial score (nSPS) is 10.0. The predicted molar refractivity (Wildman–Crippen MR) is 61.9 cm³/mol. The first kappa shape index (κ1) is 9.78. The zero-order valence-corrected chi connectivity index (χ0v) is 8.44. The highest BCUT2D eigenvalue weighted by Crippen LogP contribution is 2.21. The van der Waals surface area contributed by atoms with Crippen LogP contribution in [-0.2, 0) is 0 Å². The smallest absolute Gasteiger partial charge is 0.127 e. The van der Waals surface area contributed by atoms with E-state index in [1.165, 1.54) is 0 Å². The molecule has 74 valence electrons. The van der Waals surface area contributed by atoms with E-state index >= 15 is 0 Å². The van der Waals surface area contributed by atoms with Gasteiger partial charge in [0.1, 0.15) is 11.5 Å². The maximum absolute atomic E-state index is 5.63. The highest BCUT2D eigenvalue weighted by atomic mass is 16.5. The lowest BCUT2D eigenvalue weighted by Crippen LogP contribution is -1.84. The molecule has 0 amide bonds. The summed E-state index contributed by atoms with van der Waals surface area (Å²) < 4.78 is 5.63. The van der Waals surface area contributed by atoms with Crippen molar-refractivity contribution in [1.29, 1.82) is 0 Å².